The Bertz CT molecular complexity index is 519. The van der Waals surface area contributed by atoms with Crippen molar-refractivity contribution in [3.63, 3.8) is 0 Å². The maximum absolute atomic E-state index is 10.3. The fraction of sp³-hybridized carbons (Fsp3) is 0.294. The molecular weight excluding hydrogens is 256 g/mol. The molecule has 0 bridgehead atoms. The molecule has 2 aromatic rings. The summed E-state index contributed by atoms with van der Waals surface area (Å²) in [5.41, 5.74) is 3.37. The minimum atomic E-state index is -0.460. The summed E-state index contributed by atoms with van der Waals surface area (Å²) in [5.74, 6) is 0. The van der Waals surface area contributed by atoms with Crippen molar-refractivity contribution in [1.29, 1.82) is 0 Å². The first-order valence-electron chi connectivity index (χ1n) is 6.70. The van der Waals surface area contributed by atoms with Gasteiger partial charge in [0, 0.05) is 11.4 Å². The van der Waals surface area contributed by atoms with Gasteiger partial charge in [-0.2, -0.15) is 0 Å². The van der Waals surface area contributed by atoms with Gasteiger partial charge >= 0.3 is 0 Å². The van der Waals surface area contributed by atoms with Gasteiger partial charge in [0.1, 0.15) is 0 Å². The molecule has 0 spiro atoms. The van der Waals surface area contributed by atoms with E-state index < -0.39 is 6.10 Å². The van der Waals surface area contributed by atoms with E-state index in [2.05, 4.69) is 19.1 Å². The highest BCUT2D eigenvalue weighted by Crippen LogP contribution is 2.21. The van der Waals surface area contributed by atoms with Gasteiger partial charge in [-0.3, -0.25) is 0 Å². The van der Waals surface area contributed by atoms with Crippen molar-refractivity contribution in [3.05, 3.63) is 70.2 Å². The number of aliphatic hydroxyl groups is 1. The van der Waals surface area contributed by atoms with Crippen LogP contribution in [0.3, 0.4) is 0 Å². The summed E-state index contributed by atoms with van der Waals surface area (Å²) in [6.45, 7) is 2.16. The van der Waals surface area contributed by atoms with Crippen LogP contribution >= 0.6 is 11.6 Å². The van der Waals surface area contributed by atoms with E-state index in [9.17, 15) is 5.11 Å². The molecule has 0 aliphatic heterocycles. The monoisotopic (exact) mass is 274 g/mol. The minimum absolute atomic E-state index is 0.460. The second-order valence-electron chi connectivity index (χ2n) is 4.84. The van der Waals surface area contributed by atoms with Crippen molar-refractivity contribution in [2.45, 2.75) is 32.3 Å². The van der Waals surface area contributed by atoms with Crippen molar-refractivity contribution in [1.82, 2.24) is 0 Å². The third kappa shape index (κ3) is 4.09. The maximum Gasteiger partial charge on any atom is 0.0830 e. The molecule has 0 heterocycles. The quantitative estimate of drug-likeness (QED) is 0.847. The van der Waals surface area contributed by atoms with Crippen LogP contribution in [0.25, 0.3) is 0 Å². The van der Waals surface area contributed by atoms with E-state index in [0.29, 0.717) is 6.42 Å². The van der Waals surface area contributed by atoms with Crippen LogP contribution in [0, 0.1) is 0 Å². The van der Waals surface area contributed by atoms with Gasteiger partial charge in [-0.05, 0) is 35.2 Å². The highest BCUT2D eigenvalue weighted by molar-refractivity contribution is 6.30. The molecule has 2 heteroatoms. The number of hydrogen-bond acceptors (Lipinski definition) is 1. The standard InChI is InChI=1S/C17H19ClO/c1-2-4-13-5-3-6-15(11-13)17(19)12-14-7-9-16(18)10-8-14/h3,5-11,17,19H,2,4,12H2,1H3. The van der Waals surface area contributed by atoms with Gasteiger partial charge in [-0.15, -0.1) is 0 Å². The van der Waals surface area contributed by atoms with Gasteiger partial charge < -0.3 is 5.11 Å². The Morgan fingerprint density at radius 1 is 1.05 bits per heavy atom. The van der Waals surface area contributed by atoms with Crippen molar-refractivity contribution in [3.8, 4) is 0 Å². The highest BCUT2D eigenvalue weighted by Gasteiger charge is 2.09. The molecule has 1 nitrogen and oxygen atoms in total. The number of halogens is 1. The highest BCUT2D eigenvalue weighted by atomic mass is 35.5. The smallest absolute Gasteiger partial charge is 0.0830 e. The Morgan fingerprint density at radius 3 is 2.47 bits per heavy atom. The molecule has 1 unspecified atom stereocenters. The molecule has 1 atom stereocenters. The second kappa shape index (κ2) is 6.74. The molecule has 1 N–H and O–H groups in total. The van der Waals surface area contributed by atoms with Gasteiger partial charge in [0.15, 0.2) is 0 Å². The lowest BCUT2D eigenvalue weighted by Gasteiger charge is -2.12. The Kier molecular flexibility index (Phi) is 5.00. The molecule has 100 valence electrons. The Morgan fingerprint density at radius 2 is 1.79 bits per heavy atom. The van der Waals surface area contributed by atoms with Crippen LogP contribution in [0.1, 0.15) is 36.1 Å². The number of aryl methyl sites for hydroxylation is 1. The van der Waals surface area contributed by atoms with Crippen LogP contribution in [0.15, 0.2) is 48.5 Å². The summed E-state index contributed by atoms with van der Waals surface area (Å²) in [6, 6.07) is 15.9. The summed E-state index contributed by atoms with van der Waals surface area (Å²) >= 11 is 5.86. The lowest BCUT2D eigenvalue weighted by atomic mass is 9.98. The minimum Gasteiger partial charge on any atom is -0.388 e. The zero-order valence-electron chi connectivity index (χ0n) is 11.1. The molecule has 0 aromatic heterocycles. The van der Waals surface area contributed by atoms with Crippen LogP contribution in [-0.2, 0) is 12.8 Å². The van der Waals surface area contributed by atoms with Crippen LogP contribution in [0.2, 0.25) is 5.02 Å². The average molecular weight is 275 g/mol. The third-order valence-corrected chi connectivity index (χ3v) is 3.47. The van der Waals surface area contributed by atoms with E-state index in [0.717, 1.165) is 29.0 Å². The molecule has 0 radical (unpaired) electrons. The van der Waals surface area contributed by atoms with E-state index in [1.807, 2.05) is 36.4 Å². The molecule has 2 rings (SSSR count). The molecular formula is C17H19ClO. The van der Waals surface area contributed by atoms with Gasteiger partial charge in [0.05, 0.1) is 6.10 Å². The Labute approximate surface area is 119 Å². The first kappa shape index (κ1) is 14.1. The summed E-state index contributed by atoms with van der Waals surface area (Å²) < 4.78 is 0. The van der Waals surface area contributed by atoms with Gasteiger partial charge in [-0.1, -0.05) is 61.3 Å². The molecule has 0 aliphatic carbocycles. The predicted octanol–water partition coefficient (Wildman–Crippen LogP) is 4.57. The maximum atomic E-state index is 10.3. The van der Waals surface area contributed by atoms with E-state index in [-0.39, 0.29) is 0 Å². The number of rotatable bonds is 5. The Balaban J connectivity index is 2.08. The third-order valence-electron chi connectivity index (χ3n) is 3.22. The van der Waals surface area contributed by atoms with Gasteiger partial charge in [-0.25, -0.2) is 0 Å². The zero-order chi connectivity index (χ0) is 13.7. The fourth-order valence-electron chi connectivity index (χ4n) is 2.21. The largest absolute Gasteiger partial charge is 0.388 e. The molecule has 19 heavy (non-hydrogen) atoms. The van der Waals surface area contributed by atoms with E-state index in [1.165, 1.54) is 5.56 Å². The first-order chi connectivity index (χ1) is 9.19. The number of benzene rings is 2. The second-order valence-corrected chi connectivity index (χ2v) is 5.28. The van der Waals surface area contributed by atoms with Crippen LogP contribution in [-0.4, -0.2) is 5.11 Å². The first-order valence-corrected chi connectivity index (χ1v) is 7.08. The molecule has 2 aromatic carbocycles. The number of hydrogen-bond donors (Lipinski definition) is 1. The molecule has 0 amide bonds. The van der Waals surface area contributed by atoms with Crippen LogP contribution < -0.4 is 0 Å². The molecule has 0 fully saturated rings. The van der Waals surface area contributed by atoms with Crippen molar-refractivity contribution in [2.75, 3.05) is 0 Å². The Hall–Kier alpha value is -1.31. The van der Waals surface area contributed by atoms with E-state index >= 15 is 0 Å². The van der Waals surface area contributed by atoms with Crippen molar-refractivity contribution in [2.24, 2.45) is 0 Å². The summed E-state index contributed by atoms with van der Waals surface area (Å²) in [7, 11) is 0. The fourth-order valence-corrected chi connectivity index (χ4v) is 2.33. The van der Waals surface area contributed by atoms with Crippen LogP contribution in [0.5, 0.6) is 0 Å². The normalized spacial score (nSPS) is 12.4. The summed E-state index contributed by atoms with van der Waals surface area (Å²) in [5, 5.41) is 11.0. The van der Waals surface area contributed by atoms with Gasteiger partial charge in [0.2, 0.25) is 0 Å². The van der Waals surface area contributed by atoms with E-state index in [1.54, 1.807) is 0 Å². The van der Waals surface area contributed by atoms with Gasteiger partial charge in [0.25, 0.3) is 0 Å². The molecule has 0 aliphatic rings. The van der Waals surface area contributed by atoms with E-state index in [4.69, 9.17) is 11.6 Å². The zero-order valence-corrected chi connectivity index (χ0v) is 11.9. The summed E-state index contributed by atoms with van der Waals surface area (Å²) in [4.78, 5) is 0. The molecule has 0 saturated carbocycles. The predicted molar refractivity (Wildman–Crippen MR) is 80.6 cm³/mol. The van der Waals surface area contributed by atoms with Crippen molar-refractivity contribution >= 4 is 11.6 Å². The van der Waals surface area contributed by atoms with Crippen molar-refractivity contribution < 1.29 is 5.11 Å². The SMILES string of the molecule is CCCc1cccc(C(O)Cc2ccc(Cl)cc2)c1. The topological polar surface area (TPSA) is 20.2 Å². The summed E-state index contributed by atoms with van der Waals surface area (Å²) in [6.07, 6.45) is 2.34. The lowest BCUT2D eigenvalue weighted by Crippen LogP contribution is -2.02. The number of aliphatic hydroxyl groups excluding tert-OH is 1. The molecule has 0 saturated heterocycles. The van der Waals surface area contributed by atoms with Crippen LogP contribution in [0.4, 0.5) is 0 Å². The average Bonchev–Trinajstić information content (AvgIpc) is 2.42. The lowest BCUT2D eigenvalue weighted by molar-refractivity contribution is 0.178.